The van der Waals surface area contributed by atoms with E-state index in [-0.39, 0.29) is 5.97 Å². The van der Waals surface area contributed by atoms with E-state index in [2.05, 4.69) is 4.74 Å². The number of alkyl halides is 1. The predicted molar refractivity (Wildman–Crippen MR) is 43.4 cm³/mol. The van der Waals surface area contributed by atoms with Crippen molar-refractivity contribution in [2.24, 2.45) is 10.8 Å². The molecule has 3 rings (SSSR count). The summed E-state index contributed by atoms with van der Waals surface area (Å²) < 4.78 is 4.57. The van der Waals surface area contributed by atoms with Crippen molar-refractivity contribution in [1.29, 1.82) is 0 Å². The van der Waals surface area contributed by atoms with Crippen molar-refractivity contribution in [2.75, 3.05) is 7.11 Å². The highest BCUT2D eigenvalue weighted by Crippen LogP contribution is 2.75. The van der Waals surface area contributed by atoms with Gasteiger partial charge in [-0.2, -0.15) is 0 Å². The third-order valence-corrected chi connectivity index (χ3v) is 4.09. The average molecular weight is 205 g/mol. The molecule has 5 heteroatoms. The average Bonchev–Trinajstić information content (AvgIpc) is 2.01. The summed E-state index contributed by atoms with van der Waals surface area (Å²) in [6.45, 7) is 0. The molecule has 1 unspecified atom stereocenters. The molecule has 0 amide bonds. The van der Waals surface area contributed by atoms with Gasteiger partial charge in [0.05, 0.1) is 23.3 Å². The van der Waals surface area contributed by atoms with E-state index in [1.807, 2.05) is 0 Å². The number of carbonyl (C=O) groups is 2. The Morgan fingerprint density at radius 1 is 1.46 bits per heavy atom. The number of carboxylic acid groups (broad SMARTS) is 1. The predicted octanol–water partition coefficient (Wildman–Crippen LogP) is 0.632. The highest BCUT2D eigenvalue weighted by molar-refractivity contribution is 6.27. The molecular formula is C8H9ClO4. The number of methoxy groups -OCH3 is 1. The molecule has 0 heterocycles. The second-order valence-electron chi connectivity index (χ2n) is 3.83. The second kappa shape index (κ2) is 2.18. The van der Waals surface area contributed by atoms with Crippen molar-refractivity contribution < 1.29 is 19.4 Å². The van der Waals surface area contributed by atoms with Gasteiger partial charge in [0.15, 0.2) is 0 Å². The van der Waals surface area contributed by atoms with Gasteiger partial charge in [-0.05, 0) is 12.8 Å². The lowest BCUT2D eigenvalue weighted by molar-refractivity contribution is -0.228. The number of ether oxygens (including phenoxy) is 1. The van der Waals surface area contributed by atoms with Crippen LogP contribution in [0.1, 0.15) is 12.8 Å². The Bertz CT molecular complexity index is 293. The van der Waals surface area contributed by atoms with Crippen LogP contribution in [-0.4, -0.2) is 29.5 Å². The number of hydrogen-bond acceptors (Lipinski definition) is 3. The molecule has 1 atom stereocenters. The zero-order valence-corrected chi connectivity index (χ0v) is 7.80. The Balaban J connectivity index is 2.16. The largest absolute Gasteiger partial charge is 0.481 e. The maximum Gasteiger partial charge on any atom is 0.313 e. The molecule has 1 N–H and O–H groups in total. The molecule has 3 fully saturated rings. The first kappa shape index (κ1) is 8.81. The Morgan fingerprint density at radius 3 is 2.31 bits per heavy atom. The summed E-state index contributed by atoms with van der Waals surface area (Å²) in [7, 11) is 1.29. The summed E-state index contributed by atoms with van der Waals surface area (Å²) in [5, 5.41) is 8.24. The number of aliphatic carboxylic acids is 1. The summed E-state index contributed by atoms with van der Waals surface area (Å²) in [4.78, 5) is 22.0. The number of rotatable bonds is 2. The number of carboxylic acids is 1. The maximum atomic E-state index is 11.2. The summed E-state index contributed by atoms with van der Waals surface area (Å²) in [6, 6.07) is 0. The minimum absolute atomic E-state index is 0.330. The van der Waals surface area contributed by atoms with E-state index in [9.17, 15) is 9.59 Å². The third kappa shape index (κ3) is 0.690. The smallest absolute Gasteiger partial charge is 0.313 e. The maximum absolute atomic E-state index is 11.2. The van der Waals surface area contributed by atoms with Crippen LogP contribution in [0.3, 0.4) is 0 Å². The van der Waals surface area contributed by atoms with E-state index in [0.29, 0.717) is 12.8 Å². The molecule has 0 aromatic heterocycles. The van der Waals surface area contributed by atoms with Crippen molar-refractivity contribution in [3.63, 3.8) is 0 Å². The molecule has 0 aromatic carbocycles. The number of hydrogen-bond donors (Lipinski definition) is 1. The van der Waals surface area contributed by atoms with Crippen molar-refractivity contribution in [2.45, 2.75) is 18.2 Å². The van der Waals surface area contributed by atoms with Crippen LogP contribution in [0.15, 0.2) is 0 Å². The molecule has 3 aliphatic rings. The Hall–Kier alpha value is -0.770. The van der Waals surface area contributed by atoms with Crippen molar-refractivity contribution in [3.8, 4) is 0 Å². The van der Waals surface area contributed by atoms with Crippen LogP contribution >= 0.6 is 11.6 Å². The molecule has 2 bridgehead atoms. The number of carbonyl (C=O) groups excluding carboxylic acids is 1. The quantitative estimate of drug-likeness (QED) is 0.530. The van der Waals surface area contributed by atoms with Crippen LogP contribution in [0, 0.1) is 10.8 Å². The fourth-order valence-electron chi connectivity index (χ4n) is 2.41. The molecule has 0 aliphatic heterocycles. The number of esters is 1. The van der Waals surface area contributed by atoms with Gasteiger partial charge >= 0.3 is 11.9 Å². The second-order valence-corrected chi connectivity index (χ2v) is 4.26. The molecule has 0 radical (unpaired) electrons. The lowest BCUT2D eigenvalue weighted by Crippen LogP contribution is -2.77. The van der Waals surface area contributed by atoms with Gasteiger partial charge < -0.3 is 9.84 Å². The normalized spacial score (nSPS) is 45.8. The first-order chi connectivity index (χ1) is 5.99. The fraction of sp³-hybridized carbons (Fsp3) is 0.750. The molecule has 4 nitrogen and oxygen atoms in total. The highest BCUT2D eigenvalue weighted by Gasteiger charge is 2.82. The minimum Gasteiger partial charge on any atom is -0.481 e. The minimum atomic E-state index is -0.904. The summed E-state index contributed by atoms with van der Waals surface area (Å²) >= 11 is 5.85. The lowest BCUT2D eigenvalue weighted by Gasteiger charge is -2.69. The van der Waals surface area contributed by atoms with Gasteiger partial charge in [0.1, 0.15) is 0 Å². The summed E-state index contributed by atoms with van der Waals surface area (Å²) in [5.74, 6) is -1.28. The van der Waals surface area contributed by atoms with E-state index in [4.69, 9.17) is 16.7 Å². The molecule has 0 saturated heterocycles. The standard InChI is InChI=1S/C8H9ClO4/c1-13-6(12)8-2-7(3-8,4(8)9)5(10)11/h4H,2-3H2,1H3,(H,10,11). The first-order valence-electron chi connectivity index (χ1n) is 3.95. The third-order valence-electron chi connectivity index (χ3n) is 3.25. The molecular weight excluding hydrogens is 196 g/mol. The topological polar surface area (TPSA) is 63.6 Å². The van der Waals surface area contributed by atoms with E-state index in [1.54, 1.807) is 0 Å². The van der Waals surface area contributed by atoms with Crippen LogP contribution in [0.5, 0.6) is 0 Å². The molecule has 72 valence electrons. The van der Waals surface area contributed by atoms with Gasteiger partial charge in [0, 0.05) is 0 Å². The Morgan fingerprint density at radius 2 is 2.00 bits per heavy atom. The number of halogens is 1. The van der Waals surface area contributed by atoms with Gasteiger partial charge in [0.25, 0.3) is 0 Å². The summed E-state index contributed by atoms with van der Waals surface area (Å²) in [5.41, 5.74) is -1.55. The zero-order valence-electron chi connectivity index (χ0n) is 7.04. The van der Waals surface area contributed by atoms with Crippen LogP contribution in [0.4, 0.5) is 0 Å². The van der Waals surface area contributed by atoms with Crippen molar-refractivity contribution in [3.05, 3.63) is 0 Å². The molecule has 0 aromatic rings. The molecule has 0 spiro atoms. The van der Waals surface area contributed by atoms with E-state index >= 15 is 0 Å². The van der Waals surface area contributed by atoms with Crippen LogP contribution < -0.4 is 0 Å². The van der Waals surface area contributed by atoms with E-state index in [1.165, 1.54) is 7.11 Å². The van der Waals surface area contributed by atoms with Gasteiger partial charge in [-0.15, -0.1) is 11.6 Å². The summed E-state index contributed by atoms with van der Waals surface area (Å²) in [6.07, 6.45) is 0.659. The Labute approximate surface area is 79.8 Å². The molecule has 3 aliphatic carbocycles. The van der Waals surface area contributed by atoms with Gasteiger partial charge in [-0.25, -0.2) is 0 Å². The van der Waals surface area contributed by atoms with Gasteiger partial charge in [0.2, 0.25) is 0 Å². The molecule has 3 saturated carbocycles. The zero-order chi connectivity index (χ0) is 9.85. The van der Waals surface area contributed by atoms with E-state index in [0.717, 1.165) is 0 Å². The molecule has 13 heavy (non-hydrogen) atoms. The van der Waals surface area contributed by atoms with Crippen molar-refractivity contribution >= 4 is 23.5 Å². The Kier molecular flexibility index (Phi) is 1.48. The van der Waals surface area contributed by atoms with Crippen LogP contribution in [0.2, 0.25) is 0 Å². The monoisotopic (exact) mass is 204 g/mol. The van der Waals surface area contributed by atoms with Crippen molar-refractivity contribution in [1.82, 2.24) is 0 Å². The first-order valence-corrected chi connectivity index (χ1v) is 4.39. The fourth-order valence-corrected chi connectivity index (χ4v) is 2.90. The van der Waals surface area contributed by atoms with Gasteiger partial charge in [-0.1, -0.05) is 0 Å². The SMILES string of the molecule is COC(=O)C12CC(C(=O)O)(C1)C2Cl. The van der Waals surface area contributed by atoms with Gasteiger partial charge in [-0.3, -0.25) is 9.59 Å². The lowest BCUT2D eigenvalue weighted by atomic mass is 9.34. The van der Waals surface area contributed by atoms with E-state index < -0.39 is 22.2 Å². The van der Waals surface area contributed by atoms with Crippen LogP contribution in [-0.2, 0) is 14.3 Å². The highest BCUT2D eigenvalue weighted by atomic mass is 35.5. The van der Waals surface area contributed by atoms with Crippen LogP contribution in [0.25, 0.3) is 0 Å².